The Morgan fingerprint density at radius 3 is 2.87 bits per heavy atom. The maximum absolute atomic E-state index is 12.4. The van der Waals surface area contributed by atoms with Crippen molar-refractivity contribution in [3.63, 3.8) is 0 Å². The van der Waals surface area contributed by atoms with E-state index in [0.717, 1.165) is 43.5 Å². The Bertz CT molecular complexity index is 753. The number of amides is 1. The Morgan fingerprint density at radius 1 is 1.17 bits per heavy atom. The smallest absolute Gasteiger partial charge is 0.251 e. The van der Waals surface area contributed by atoms with Crippen molar-refractivity contribution in [2.45, 2.75) is 19.3 Å². The van der Waals surface area contributed by atoms with Gasteiger partial charge in [0.15, 0.2) is 0 Å². The molecule has 0 bridgehead atoms. The lowest BCUT2D eigenvalue weighted by Gasteiger charge is -2.20. The number of fused-ring (bicyclic) bond motifs is 1. The van der Waals surface area contributed by atoms with Crippen LogP contribution in [0.4, 0.5) is 0 Å². The Balaban J connectivity index is 1.67. The summed E-state index contributed by atoms with van der Waals surface area (Å²) in [6.07, 6.45) is 1.90. The zero-order valence-corrected chi connectivity index (χ0v) is 13.5. The van der Waals surface area contributed by atoms with Gasteiger partial charge in [-0.1, -0.05) is 18.2 Å². The average Bonchev–Trinajstić information content (AvgIpc) is 2.77. The molecule has 122 valence electrons. The highest BCUT2D eigenvalue weighted by atomic mass is 16.2. The predicted octanol–water partition coefficient (Wildman–Crippen LogP) is 1.62. The maximum atomic E-state index is 12.4. The first-order valence-electron chi connectivity index (χ1n) is 8.21. The molecule has 0 aliphatic carbocycles. The van der Waals surface area contributed by atoms with E-state index in [1.54, 1.807) is 0 Å². The van der Waals surface area contributed by atoms with E-state index in [4.69, 9.17) is 0 Å². The molecule has 0 radical (unpaired) electrons. The molecule has 3 rings (SSSR count). The molecule has 1 aliphatic heterocycles. The van der Waals surface area contributed by atoms with Gasteiger partial charge >= 0.3 is 0 Å². The van der Waals surface area contributed by atoms with E-state index in [2.05, 4.69) is 16.9 Å². The van der Waals surface area contributed by atoms with Gasteiger partial charge in [-0.3, -0.25) is 9.59 Å². The molecule has 23 heavy (non-hydrogen) atoms. The first-order chi connectivity index (χ1) is 11.1. The lowest BCUT2D eigenvalue weighted by Crippen LogP contribution is -2.34. The van der Waals surface area contributed by atoms with E-state index in [9.17, 15) is 9.59 Å². The van der Waals surface area contributed by atoms with Crippen LogP contribution in [0.1, 0.15) is 18.4 Å². The van der Waals surface area contributed by atoms with Crippen molar-refractivity contribution in [2.24, 2.45) is 0 Å². The fraction of sp³-hybridized carbons (Fsp3) is 0.444. The molecule has 1 fully saturated rings. The number of likely N-dealkylation sites (N-methyl/N-ethyl adjacent to an activating group) is 1. The number of nitrogens with zero attached hydrogens (tertiary/aromatic N) is 2. The third-order valence-corrected chi connectivity index (χ3v) is 4.51. The fourth-order valence-corrected chi connectivity index (χ4v) is 3.07. The summed E-state index contributed by atoms with van der Waals surface area (Å²) in [7, 11) is 2.09. The van der Waals surface area contributed by atoms with E-state index >= 15 is 0 Å². The summed E-state index contributed by atoms with van der Waals surface area (Å²) in [6.45, 7) is 3.55. The van der Waals surface area contributed by atoms with Crippen LogP contribution >= 0.6 is 0 Å². The van der Waals surface area contributed by atoms with Gasteiger partial charge in [0, 0.05) is 37.1 Å². The van der Waals surface area contributed by atoms with Crippen LogP contribution in [0.25, 0.3) is 10.9 Å². The summed E-state index contributed by atoms with van der Waals surface area (Å²) < 4.78 is 0. The van der Waals surface area contributed by atoms with Crippen molar-refractivity contribution in [3.05, 3.63) is 46.2 Å². The van der Waals surface area contributed by atoms with E-state index in [1.165, 1.54) is 0 Å². The Morgan fingerprint density at radius 2 is 2.00 bits per heavy atom. The van der Waals surface area contributed by atoms with Gasteiger partial charge in [-0.25, -0.2) is 0 Å². The number of pyridine rings is 1. The number of para-hydroxylation sites is 1. The van der Waals surface area contributed by atoms with E-state index in [1.807, 2.05) is 35.2 Å². The van der Waals surface area contributed by atoms with Crippen LogP contribution in [-0.4, -0.2) is 53.9 Å². The van der Waals surface area contributed by atoms with E-state index in [-0.39, 0.29) is 11.5 Å². The number of aromatic amines is 1. The standard InChI is InChI=1S/C18H23N3O2/c1-20-9-4-10-21(12-11-20)17(22)8-7-15-13-14-5-2-3-6-16(14)19-18(15)23/h2-3,5-6,13H,4,7-12H2,1H3,(H,19,23). The normalized spacial score (nSPS) is 16.5. The van der Waals surface area contributed by atoms with Gasteiger partial charge < -0.3 is 14.8 Å². The summed E-state index contributed by atoms with van der Waals surface area (Å²) >= 11 is 0. The second-order valence-corrected chi connectivity index (χ2v) is 6.25. The summed E-state index contributed by atoms with van der Waals surface area (Å²) in [5.41, 5.74) is 1.43. The summed E-state index contributed by atoms with van der Waals surface area (Å²) in [4.78, 5) is 31.6. The van der Waals surface area contributed by atoms with Gasteiger partial charge in [-0.05, 0) is 44.0 Å². The average molecular weight is 313 g/mol. The second-order valence-electron chi connectivity index (χ2n) is 6.25. The lowest BCUT2D eigenvalue weighted by molar-refractivity contribution is -0.131. The minimum atomic E-state index is -0.0906. The number of aromatic nitrogens is 1. The number of hydrogen-bond acceptors (Lipinski definition) is 3. The molecule has 0 spiro atoms. The first-order valence-corrected chi connectivity index (χ1v) is 8.21. The molecule has 1 aromatic heterocycles. The molecule has 1 N–H and O–H groups in total. The minimum absolute atomic E-state index is 0.0906. The summed E-state index contributed by atoms with van der Waals surface area (Å²) in [6, 6.07) is 9.61. The molecule has 1 aromatic carbocycles. The molecule has 5 heteroatoms. The quantitative estimate of drug-likeness (QED) is 0.937. The van der Waals surface area contributed by atoms with Crippen LogP contribution in [0.3, 0.4) is 0 Å². The van der Waals surface area contributed by atoms with Gasteiger partial charge in [0.05, 0.1) is 0 Å². The summed E-state index contributed by atoms with van der Waals surface area (Å²) in [5.74, 6) is 0.146. The number of hydrogen-bond donors (Lipinski definition) is 1. The van der Waals surface area contributed by atoms with E-state index in [0.29, 0.717) is 18.4 Å². The zero-order chi connectivity index (χ0) is 16.2. The molecular weight excluding hydrogens is 290 g/mol. The van der Waals surface area contributed by atoms with Crippen LogP contribution in [0.5, 0.6) is 0 Å². The highest BCUT2D eigenvalue weighted by Gasteiger charge is 2.17. The van der Waals surface area contributed by atoms with Crippen LogP contribution < -0.4 is 5.56 Å². The van der Waals surface area contributed by atoms with Crippen molar-refractivity contribution >= 4 is 16.8 Å². The van der Waals surface area contributed by atoms with Crippen LogP contribution in [0, 0.1) is 0 Å². The van der Waals surface area contributed by atoms with Gasteiger partial charge in [-0.2, -0.15) is 0 Å². The highest BCUT2D eigenvalue weighted by Crippen LogP contribution is 2.12. The molecular formula is C18H23N3O2. The Labute approximate surface area is 135 Å². The monoisotopic (exact) mass is 313 g/mol. The molecule has 0 unspecified atom stereocenters. The number of H-pyrrole nitrogens is 1. The third kappa shape index (κ3) is 3.79. The van der Waals surface area contributed by atoms with Crippen molar-refractivity contribution in [1.82, 2.24) is 14.8 Å². The first kappa shape index (κ1) is 15.7. The zero-order valence-electron chi connectivity index (χ0n) is 13.5. The number of carbonyl (C=O) groups is 1. The number of nitrogens with one attached hydrogen (secondary N) is 1. The number of carbonyl (C=O) groups excluding carboxylic acids is 1. The van der Waals surface area contributed by atoms with Gasteiger partial charge in [0.25, 0.3) is 5.56 Å². The Hall–Kier alpha value is -2.14. The maximum Gasteiger partial charge on any atom is 0.251 e. The van der Waals surface area contributed by atoms with Gasteiger partial charge in [0.1, 0.15) is 0 Å². The van der Waals surface area contributed by atoms with E-state index < -0.39 is 0 Å². The largest absolute Gasteiger partial charge is 0.341 e. The number of rotatable bonds is 3. The van der Waals surface area contributed by atoms with Crippen molar-refractivity contribution < 1.29 is 4.79 Å². The number of benzene rings is 1. The Kier molecular flexibility index (Phi) is 4.76. The highest BCUT2D eigenvalue weighted by molar-refractivity contribution is 5.79. The third-order valence-electron chi connectivity index (χ3n) is 4.51. The van der Waals surface area contributed by atoms with Crippen LogP contribution in [0.15, 0.2) is 35.1 Å². The van der Waals surface area contributed by atoms with Crippen LogP contribution in [-0.2, 0) is 11.2 Å². The van der Waals surface area contributed by atoms with Crippen molar-refractivity contribution in [1.29, 1.82) is 0 Å². The lowest BCUT2D eigenvalue weighted by atomic mass is 10.1. The molecule has 2 aromatic rings. The molecule has 1 aliphatic rings. The van der Waals surface area contributed by atoms with Gasteiger partial charge in [0.2, 0.25) is 5.91 Å². The molecule has 1 saturated heterocycles. The molecule has 0 atom stereocenters. The number of aryl methyl sites for hydroxylation is 1. The second kappa shape index (κ2) is 6.96. The van der Waals surface area contributed by atoms with Crippen molar-refractivity contribution in [3.8, 4) is 0 Å². The SMILES string of the molecule is CN1CCCN(C(=O)CCc2cc3ccccc3[nH]c2=O)CC1. The van der Waals surface area contributed by atoms with Gasteiger partial charge in [-0.15, -0.1) is 0 Å². The minimum Gasteiger partial charge on any atom is -0.341 e. The molecule has 5 nitrogen and oxygen atoms in total. The summed E-state index contributed by atoms with van der Waals surface area (Å²) in [5, 5.41) is 1.01. The fourth-order valence-electron chi connectivity index (χ4n) is 3.07. The molecule has 2 heterocycles. The molecule has 0 saturated carbocycles. The predicted molar refractivity (Wildman–Crippen MR) is 91.6 cm³/mol. The molecule has 1 amide bonds. The van der Waals surface area contributed by atoms with Crippen molar-refractivity contribution in [2.75, 3.05) is 33.2 Å². The van der Waals surface area contributed by atoms with Crippen LogP contribution in [0.2, 0.25) is 0 Å². The topological polar surface area (TPSA) is 56.4 Å².